The Kier molecular flexibility index (Phi) is 2.76. The van der Waals surface area contributed by atoms with E-state index >= 15 is 0 Å². The van der Waals surface area contributed by atoms with Gasteiger partial charge in [-0.2, -0.15) is 0 Å². The lowest BCUT2D eigenvalue weighted by molar-refractivity contribution is -0.116. The Balaban J connectivity index is 2.27. The number of hydrogen-bond donors (Lipinski definition) is 0. The van der Waals surface area contributed by atoms with Gasteiger partial charge in [-0.25, -0.2) is 0 Å². The third-order valence-electron chi connectivity index (χ3n) is 4.12. The molecule has 21 heavy (non-hydrogen) atoms. The number of ketones is 1. The molecule has 102 valence electrons. The van der Waals surface area contributed by atoms with Gasteiger partial charge in [-0.1, -0.05) is 58.4 Å². The van der Waals surface area contributed by atoms with Gasteiger partial charge in [-0.15, -0.1) is 0 Å². The van der Waals surface area contributed by atoms with E-state index in [0.29, 0.717) is 6.42 Å². The van der Waals surface area contributed by atoms with Crippen LogP contribution in [0.5, 0.6) is 0 Å². The molecule has 0 aromatic heterocycles. The van der Waals surface area contributed by atoms with Crippen LogP contribution < -0.4 is 0 Å². The Morgan fingerprint density at radius 2 is 1.62 bits per heavy atom. The average molecular weight is 337 g/mol. The molecule has 0 aliphatic rings. The predicted molar refractivity (Wildman–Crippen MR) is 92.2 cm³/mol. The fourth-order valence-electron chi connectivity index (χ4n) is 3.27. The highest BCUT2D eigenvalue weighted by Gasteiger charge is 2.13. The summed E-state index contributed by atoms with van der Waals surface area (Å²) in [4.78, 5) is 11.6. The van der Waals surface area contributed by atoms with Crippen molar-refractivity contribution in [2.24, 2.45) is 0 Å². The largest absolute Gasteiger partial charge is 0.300 e. The van der Waals surface area contributed by atoms with Crippen molar-refractivity contribution in [3.63, 3.8) is 0 Å². The maximum absolute atomic E-state index is 11.6. The van der Waals surface area contributed by atoms with Crippen molar-refractivity contribution in [1.29, 1.82) is 0 Å². The highest BCUT2D eigenvalue weighted by molar-refractivity contribution is 9.10. The molecule has 0 fully saturated rings. The van der Waals surface area contributed by atoms with Crippen LogP contribution in [0.2, 0.25) is 0 Å². The summed E-state index contributed by atoms with van der Waals surface area (Å²) < 4.78 is 1.06. The van der Waals surface area contributed by atoms with Gasteiger partial charge in [0.15, 0.2) is 0 Å². The van der Waals surface area contributed by atoms with Crippen molar-refractivity contribution < 1.29 is 4.79 Å². The van der Waals surface area contributed by atoms with Crippen LogP contribution in [0.25, 0.3) is 32.3 Å². The highest BCUT2D eigenvalue weighted by atomic mass is 79.9. The Labute approximate surface area is 131 Å². The SMILES string of the molecule is CC(=O)Cc1cc(Br)c2ccc3cccc4ccc1c2c34. The van der Waals surface area contributed by atoms with E-state index in [9.17, 15) is 4.79 Å². The Hall–Kier alpha value is -1.93. The number of rotatable bonds is 2. The number of benzene rings is 4. The molecule has 2 heteroatoms. The van der Waals surface area contributed by atoms with Gasteiger partial charge in [0.1, 0.15) is 5.78 Å². The minimum absolute atomic E-state index is 0.192. The monoisotopic (exact) mass is 336 g/mol. The van der Waals surface area contributed by atoms with Crippen molar-refractivity contribution in [2.75, 3.05) is 0 Å². The zero-order chi connectivity index (χ0) is 14.6. The molecular weight excluding hydrogens is 324 g/mol. The van der Waals surface area contributed by atoms with Crippen molar-refractivity contribution >= 4 is 54.0 Å². The first kappa shape index (κ1) is 12.8. The molecule has 0 aliphatic heterocycles. The van der Waals surface area contributed by atoms with E-state index in [1.807, 2.05) is 0 Å². The summed E-state index contributed by atoms with van der Waals surface area (Å²) in [6.07, 6.45) is 0.479. The maximum Gasteiger partial charge on any atom is 0.134 e. The Bertz CT molecular complexity index is 985. The standard InChI is InChI=1S/C19H13BrO/c1-11(21)9-14-10-17(20)16-8-6-13-4-2-3-12-5-7-15(14)19(16)18(12)13/h2-8,10H,9H2,1H3. The summed E-state index contributed by atoms with van der Waals surface area (Å²) >= 11 is 3.67. The van der Waals surface area contributed by atoms with Crippen molar-refractivity contribution in [3.05, 3.63) is 58.6 Å². The molecule has 4 rings (SSSR count). The second-order valence-corrected chi connectivity index (χ2v) is 6.43. The second kappa shape index (κ2) is 4.54. The summed E-state index contributed by atoms with van der Waals surface area (Å²) in [5, 5.41) is 7.44. The average Bonchev–Trinajstić information content (AvgIpc) is 2.46. The smallest absolute Gasteiger partial charge is 0.134 e. The van der Waals surface area contributed by atoms with Crippen LogP contribution in [0.4, 0.5) is 0 Å². The van der Waals surface area contributed by atoms with E-state index < -0.39 is 0 Å². The van der Waals surface area contributed by atoms with Crippen molar-refractivity contribution in [1.82, 2.24) is 0 Å². The topological polar surface area (TPSA) is 17.1 Å². The van der Waals surface area contributed by atoms with Gasteiger partial charge in [0.25, 0.3) is 0 Å². The second-order valence-electron chi connectivity index (χ2n) is 5.58. The molecule has 0 unspecified atom stereocenters. The van der Waals surface area contributed by atoms with Gasteiger partial charge in [0, 0.05) is 10.9 Å². The number of hydrogen-bond acceptors (Lipinski definition) is 1. The first-order chi connectivity index (χ1) is 10.1. The molecule has 0 saturated heterocycles. The van der Waals surface area contributed by atoms with Crippen molar-refractivity contribution in [2.45, 2.75) is 13.3 Å². The lowest BCUT2D eigenvalue weighted by atomic mass is 9.91. The minimum atomic E-state index is 0.192. The third-order valence-corrected chi connectivity index (χ3v) is 4.78. The quantitative estimate of drug-likeness (QED) is 0.443. The zero-order valence-corrected chi connectivity index (χ0v) is 13.2. The lowest BCUT2D eigenvalue weighted by Gasteiger charge is -2.14. The van der Waals surface area contributed by atoms with Crippen LogP contribution in [-0.2, 0) is 11.2 Å². The number of carbonyl (C=O) groups is 1. The van der Waals surface area contributed by atoms with E-state index in [2.05, 4.69) is 64.5 Å². The minimum Gasteiger partial charge on any atom is -0.300 e. The van der Waals surface area contributed by atoms with Crippen molar-refractivity contribution in [3.8, 4) is 0 Å². The molecule has 0 spiro atoms. The van der Waals surface area contributed by atoms with Gasteiger partial charge in [-0.05, 0) is 50.9 Å². The van der Waals surface area contributed by atoms with E-state index in [-0.39, 0.29) is 5.78 Å². The van der Waals surface area contributed by atoms with Crippen LogP contribution in [0, 0.1) is 0 Å². The van der Waals surface area contributed by atoms with Crippen LogP contribution in [0.3, 0.4) is 0 Å². The molecule has 0 bridgehead atoms. The Morgan fingerprint density at radius 3 is 2.29 bits per heavy atom. The van der Waals surface area contributed by atoms with Gasteiger partial charge >= 0.3 is 0 Å². The van der Waals surface area contributed by atoms with E-state index in [0.717, 1.165) is 10.0 Å². The summed E-state index contributed by atoms with van der Waals surface area (Å²) in [7, 11) is 0. The summed E-state index contributed by atoms with van der Waals surface area (Å²) in [6.45, 7) is 1.64. The predicted octanol–water partition coefficient (Wildman–Crippen LogP) is 5.48. The molecular formula is C19H13BrO. The lowest BCUT2D eigenvalue weighted by Crippen LogP contribution is -1.98. The summed E-state index contributed by atoms with van der Waals surface area (Å²) in [6, 6.07) is 17.1. The van der Waals surface area contributed by atoms with E-state index in [4.69, 9.17) is 0 Å². The molecule has 0 amide bonds. The number of carbonyl (C=O) groups excluding carboxylic acids is 1. The molecule has 0 atom stereocenters. The third kappa shape index (κ3) is 1.86. The fourth-order valence-corrected chi connectivity index (χ4v) is 3.88. The van der Waals surface area contributed by atoms with Gasteiger partial charge in [-0.3, -0.25) is 4.79 Å². The van der Waals surface area contributed by atoms with Crippen LogP contribution in [0.15, 0.2) is 53.0 Å². The van der Waals surface area contributed by atoms with Crippen LogP contribution >= 0.6 is 15.9 Å². The summed E-state index contributed by atoms with van der Waals surface area (Å²) in [5.41, 5.74) is 1.10. The molecule has 0 heterocycles. The highest BCUT2D eigenvalue weighted by Crippen LogP contribution is 2.39. The number of Topliss-reactive ketones (excluding diaryl/α,β-unsaturated/α-hetero) is 1. The fraction of sp³-hybridized carbons (Fsp3) is 0.105. The summed E-state index contributed by atoms with van der Waals surface area (Å²) in [5.74, 6) is 0.192. The van der Waals surface area contributed by atoms with Gasteiger partial charge in [0.2, 0.25) is 0 Å². The van der Waals surface area contributed by atoms with E-state index in [1.165, 1.54) is 32.3 Å². The van der Waals surface area contributed by atoms with Gasteiger partial charge < -0.3 is 0 Å². The first-order valence-corrected chi connectivity index (χ1v) is 7.79. The van der Waals surface area contributed by atoms with Crippen LogP contribution in [0.1, 0.15) is 12.5 Å². The zero-order valence-electron chi connectivity index (χ0n) is 11.6. The molecule has 0 saturated carbocycles. The molecule has 0 radical (unpaired) electrons. The van der Waals surface area contributed by atoms with Crippen LogP contribution in [-0.4, -0.2) is 5.78 Å². The first-order valence-electron chi connectivity index (χ1n) is 6.99. The Morgan fingerprint density at radius 1 is 0.952 bits per heavy atom. The molecule has 0 N–H and O–H groups in total. The van der Waals surface area contributed by atoms with Gasteiger partial charge in [0.05, 0.1) is 0 Å². The van der Waals surface area contributed by atoms with E-state index in [1.54, 1.807) is 6.92 Å². The normalized spacial score (nSPS) is 11.7. The molecule has 4 aromatic carbocycles. The molecule has 0 aliphatic carbocycles. The molecule has 4 aromatic rings. The molecule has 1 nitrogen and oxygen atoms in total. The maximum atomic E-state index is 11.6. The number of halogens is 1.